The maximum atomic E-state index is 6.19. The van der Waals surface area contributed by atoms with Gasteiger partial charge in [0, 0.05) is 25.2 Å². The molecule has 0 spiro atoms. The van der Waals surface area contributed by atoms with Crippen LogP contribution in [0.5, 0.6) is 0 Å². The molecule has 2 nitrogen and oxygen atoms in total. The lowest BCUT2D eigenvalue weighted by Gasteiger charge is -2.17. The van der Waals surface area contributed by atoms with Gasteiger partial charge < -0.3 is 10.1 Å². The van der Waals surface area contributed by atoms with E-state index in [4.69, 9.17) is 16.3 Å². The zero-order valence-electron chi connectivity index (χ0n) is 10.0. The average Bonchev–Trinajstić information content (AvgIpc) is 2.31. The van der Waals surface area contributed by atoms with Gasteiger partial charge in [-0.15, -0.1) is 0 Å². The number of ether oxygens (including phenoxy) is 1. The third kappa shape index (κ3) is 4.12. The zero-order chi connectivity index (χ0) is 11.8. The number of methoxy groups -OCH3 is 1. The lowest BCUT2D eigenvalue weighted by molar-refractivity contribution is 0.199. The van der Waals surface area contributed by atoms with Gasteiger partial charge in [-0.1, -0.05) is 36.7 Å². The first-order valence-corrected chi connectivity index (χ1v) is 6.11. The summed E-state index contributed by atoms with van der Waals surface area (Å²) in [6.07, 6.45) is 1.09. The van der Waals surface area contributed by atoms with Crippen molar-refractivity contribution in [1.82, 2.24) is 5.32 Å². The Morgan fingerprint density at radius 2 is 2.12 bits per heavy atom. The molecular weight excluding hydrogens is 222 g/mol. The number of rotatable bonds is 7. The molecule has 1 rings (SSSR count). The van der Waals surface area contributed by atoms with Crippen molar-refractivity contribution in [2.75, 3.05) is 26.8 Å². The third-order valence-electron chi connectivity index (χ3n) is 2.71. The standard InChI is InChI=1S/C13H20ClNO/c1-3-11(10-15-8-9-16-2)12-6-4-5-7-13(12)14/h4-7,11,15H,3,8-10H2,1-2H3. The van der Waals surface area contributed by atoms with Gasteiger partial charge in [-0.25, -0.2) is 0 Å². The maximum absolute atomic E-state index is 6.19. The molecule has 0 aliphatic heterocycles. The largest absolute Gasteiger partial charge is 0.383 e. The average molecular weight is 242 g/mol. The second-order valence-electron chi connectivity index (χ2n) is 3.82. The van der Waals surface area contributed by atoms with Crippen LogP contribution in [0, 0.1) is 0 Å². The summed E-state index contributed by atoms with van der Waals surface area (Å²) in [7, 11) is 1.72. The molecule has 0 saturated carbocycles. The molecule has 0 aliphatic carbocycles. The Morgan fingerprint density at radius 3 is 2.75 bits per heavy atom. The van der Waals surface area contributed by atoms with E-state index in [9.17, 15) is 0 Å². The monoisotopic (exact) mass is 241 g/mol. The summed E-state index contributed by atoms with van der Waals surface area (Å²) in [5.41, 5.74) is 1.23. The molecular formula is C13H20ClNO. The Morgan fingerprint density at radius 1 is 1.38 bits per heavy atom. The predicted octanol–water partition coefficient (Wildman–Crippen LogP) is 3.07. The summed E-state index contributed by atoms with van der Waals surface area (Å²) in [5.74, 6) is 0.477. The van der Waals surface area contributed by atoms with Crippen LogP contribution in [0.3, 0.4) is 0 Å². The summed E-state index contributed by atoms with van der Waals surface area (Å²) in [4.78, 5) is 0. The van der Waals surface area contributed by atoms with Crippen molar-refractivity contribution in [1.29, 1.82) is 0 Å². The Kier molecular flexibility index (Phi) is 6.46. The highest BCUT2D eigenvalue weighted by molar-refractivity contribution is 6.31. The summed E-state index contributed by atoms with van der Waals surface area (Å²) in [6.45, 7) is 4.77. The van der Waals surface area contributed by atoms with Crippen LogP contribution in [0.15, 0.2) is 24.3 Å². The number of halogens is 1. The van der Waals surface area contributed by atoms with E-state index in [2.05, 4.69) is 18.3 Å². The number of hydrogen-bond acceptors (Lipinski definition) is 2. The highest BCUT2D eigenvalue weighted by atomic mass is 35.5. The molecule has 1 aromatic rings. The van der Waals surface area contributed by atoms with Crippen LogP contribution in [0.25, 0.3) is 0 Å². The minimum Gasteiger partial charge on any atom is -0.383 e. The van der Waals surface area contributed by atoms with E-state index in [1.54, 1.807) is 7.11 Å². The van der Waals surface area contributed by atoms with Crippen molar-refractivity contribution in [3.63, 3.8) is 0 Å². The molecule has 1 aromatic carbocycles. The molecule has 1 unspecified atom stereocenters. The van der Waals surface area contributed by atoms with Gasteiger partial charge in [0.2, 0.25) is 0 Å². The fourth-order valence-corrected chi connectivity index (χ4v) is 2.02. The van der Waals surface area contributed by atoms with Crippen molar-refractivity contribution >= 4 is 11.6 Å². The van der Waals surface area contributed by atoms with Gasteiger partial charge in [-0.2, -0.15) is 0 Å². The molecule has 0 fully saturated rings. The van der Waals surface area contributed by atoms with Crippen LogP contribution in [-0.4, -0.2) is 26.8 Å². The topological polar surface area (TPSA) is 21.3 Å². The SMILES string of the molecule is CCC(CNCCOC)c1ccccc1Cl. The van der Waals surface area contributed by atoms with Gasteiger partial charge in [0.1, 0.15) is 0 Å². The van der Waals surface area contributed by atoms with Crippen LogP contribution in [0.4, 0.5) is 0 Å². The molecule has 0 amide bonds. The molecule has 1 N–H and O–H groups in total. The summed E-state index contributed by atoms with van der Waals surface area (Å²) in [5, 5.41) is 4.24. The van der Waals surface area contributed by atoms with Crippen molar-refractivity contribution < 1.29 is 4.74 Å². The van der Waals surface area contributed by atoms with Crippen molar-refractivity contribution in [2.24, 2.45) is 0 Å². The molecule has 0 aromatic heterocycles. The Bertz CT molecular complexity index is 304. The second-order valence-corrected chi connectivity index (χ2v) is 4.23. The van der Waals surface area contributed by atoms with E-state index in [1.807, 2.05) is 18.2 Å². The van der Waals surface area contributed by atoms with Crippen molar-refractivity contribution in [2.45, 2.75) is 19.3 Å². The molecule has 0 heterocycles. The van der Waals surface area contributed by atoms with E-state index in [0.29, 0.717) is 5.92 Å². The summed E-state index contributed by atoms with van der Waals surface area (Å²) >= 11 is 6.19. The molecule has 0 aliphatic rings. The van der Waals surface area contributed by atoms with Gasteiger partial charge in [0.05, 0.1) is 6.61 Å². The first-order valence-electron chi connectivity index (χ1n) is 5.73. The van der Waals surface area contributed by atoms with Gasteiger partial charge in [0.25, 0.3) is 0 Å². The van der Waals surface area contributed by atoms with Crippen molar-refractivity contribution in [3.8, 4) is 0 Å². The normalized spacial score (nSPS) is 12.7. The molecule has 0 radical (unpaired) electrons. The molecule has 1 atom stereocenters. The van der Waals surface area contributed by atoms with E-state index in [0.717, 1.165) is 31.1 Å². The second kappa shape index (κ2) is 7.66. The minimum atomic E-state index is 0.477. The number of hydrogen-bond donors (Lipinski definition) is 1. The maximum Gasteiger partial charge on any atom is 0.0587 e. The van der Waals surface area contributed by atoms with Crippen molar-refractivity contribution in [3.05, 3.63) is 34.9 Å². The third-order valence-corrected chi connectivity index (χ3v) is 3.06. The van der Waals surface area contributed by atoms with Gasteiger partial charge in [-0.05, 0) is 24.0 Å². The first kappa shape index (κ1) is 13.5. The Labute approximate surface area is 103 Å². The molecule has 16 heavy (non-hydrogen) atoms. The molecule has 3 heteroatoms. The van der Waals surface area contributed by atoms with Crippen LogP contribution < -0.4 is 5.32 Å². The number of nitrogens with one attached hydrogen (secondary N) is 1. The van der Waals surface area contributed by atoms with E-state index < -0.39 is 0 Å². The molecule has 90 valence electrons. The van der Waals surface area contributed by atoms with E-state index in [1.165, 1.54) is 5.56 Å². The summed E-state index contributed by atoms with van der Waals surface area (Å²) < 4.78 is 5.00. The van der Waals surface area contributed by atoms with E-state index >= 15 is 0 Å². The van der Waals surface area contributed by atoms with Gasteiger partial charge >= 0.3 is 0 Å². The van der Waals surface area contributed by atoms with Crippen LogP contribution in [0.2, 0.25) is 5.02 Å². The van der Waals surface area contributed by atoms with Crippen LogP contribution in [0.1, 0.15) is 24.8 Å². The Balaban J connectivity index is 2.51. The predicted molar refractivity (Wildman–Crippen MR) is 69.2 cm³/mol. The van der Waals surface area contributed by atoms with Crippen LogP contribution >= 0.6 is 11.6 Å². The molecule has 0 bridgehead atoms. The summed E-state index contributed by atoms with van der Waals surface area (Å²) in [6, 6.07) is 8.07. The van der Waals surface area contributed by atoms with E-state index in [-0.39, 0.29) is 0 Å². The minimum absolute atomic E-state index is 0.477. The van der Waals surface area contributed by atoms with Gasteiger partial charge in [-0.3, -0.25) is 0 Å². The van der Waals surface area contributed by atoms with Crippen LogP contribution in [-0.2, 0) is 4.74 Å². The Hall–Kier alpha value is -0.570. The molecule has 0 saturated heterocycles. The smallest absolute Gasteiger partial charge is 0.0587 e. The number of benzene rings is 1. The quantitative estimate of drug-likeness (QED) is 0.741. The lowest BCUT2D eigenvalue weighted by Crippen LogP contribution is -2.25. The first-order chi connectivity index (χ1) is 7.79. The fraction of sp³-hybridized carbons (Fsp3) is 0.538. The zero-order valence-corrected chi connectivity index (χ0v) is 10.8. The highest BCUT2D eigenvalue weighted by Crippen LogP contribution is 2.26. The lowest BCUT2D eigenvalue weighted by atomic mass is 9.96. The fourth-order valence-electron chi connectivity index (χ4n) is 1.73. The highest BCUT2D eigenvalue weighted by Gasteiger charge is 2.11. The van der Waals surface area contributed by atoms with Gasteiger partial charge in [0.15, 0.2) is 0 Å².